The van der Waals surface area contributed by atoms with Gasteiger partial charge in [0.1, 0.15) is 5.82 Å². The molecule has 0 spiro atoms. The third-order valence-electron chi connectivity index (χ3n) is 4.21. The van der Waals surface area contributed by atoms with Crippen LogP contribution in [0.15, 0.2) is 12.4 Å². The first-order valence-electron chi connectivity index (χ1n) is 8.12. The highest BCUT2D eigenvalue weighted by Crippen LogP contribution is 2.22. The largest absolute Gasteiger partial charge is 0.449 e. The molecule has 1 atom stereocenters. The minimum Gasteiger partial charge on any atom is -0.449 e. The Hall–Kier alpha value is -1.52. The maximum atomic E-state index is 12.2. The van der Waals surface area contributed by atoms with Crippen LogP contribution >= 0.6 is 0 Å². The number of likely N-dealkylation sites (tertiary alicyclic amines) is 1. The highest BCUT2D eigenvalue weighted by molar-refractivity contribution is 5.68. The fourth-order valence-electron chi connectivity index (χ4n) is 2.86. The van der Waals surface area contributed by atoms with Crippen molar-refractivity contribution in [1.82, 2.24) is 14.5 Å². The van der Waals surface area contributed by atoms with Crippen LogP contribution in [0.3, 0.4) is 0 Å². The Morgan fingerprint density at radius 1 is 1.48 bits per heavy atom. The smallest absolute Gasteiger partial charge is 0.410 e. The number of imidazole rings is 1. The van der Waals surface area contributed by atoms with Crippen molar-refractivity contribution in [2.45, 2.75) is 57.9 Å². The molecule has 1 aliphatic rings. The number of rotatable bonds is 6. The van der Waals surface area contributed by atoms with E-state index in [4.69, 9.17) is 4.74 Å². The summed E-state index contributed by atoms with van der Waals surface area (Å²) in [6, 6.07) is 0.296. The number of nitrogens with zero attached hydrogens (tertiary/aromatic N) is 3. The van der Waals surface area contributed by atoms with E-state index < -0.39 is 0 Å². The fraction of sp³-hybridized carbons (Fsp3) is 0.750. The quantitative estimate of drug-likeness (QED) is 0.757. The zero-order valence-corrected chi connectivity index (χ0v) is 13.3. The molecule has 118 valence electrons. The van der Waals surface area contributed by atoms with Crippen LogP contribution in [0.4, 0.5) is 4.79 Å². The number of carbonyl (C=O) groups excluding carboxylic acids is 1. The van der Waals surface area contributed by atoms with Gasteiger partial charge in [-0.25, -0.2) is 9.78 Å². The number of aromatic nitrogens is 2. The van der Waals surface area contributed by atoms with Gasteiger partial charge in [0, 0.05) is 38.4 Å². The van der Waals surface area contributed by atoms with E-state index in [-0.39, 0.29) is 6.09 Å². The number of unbranched alkanes of at least 4 members (excludes halogenated alkanes) is 1. The molecule has 0 saturated carbocycles. The Labute approximate surface area is 127 Å². The monoisotopic (exact) mass is 293 g/mol. The van der Waals surface area contributed by atoms with Gasteiger partial charge in [-0.05, 0) is 32.1 Å². The molecular weight excluding hydrogens is 266 g/mol. The molecule has 0 radical (unpaired) electrons. The van der Waals surface area contributed by atoms with E-state index in [1.807, 2.05) is 28.9 Å². The van der Waals surface area contributed by atoms with Gasteiger partial charge in [-0.3, -0.25) is 0 Å². The van der Waals surface area contributed by atoms with Crippen molar-refractivity contribution in [3.05, 3.63) is 18.2 Å². The van der Waals surface area contributed by atoms with E-state index in [1.165, 1.54) is 6.42 Å². The van der Waals surface area contributed by atoms with Crippen molar-refractivity contribution < 1.29 is 9.53 Å². The Morgan fingerprint density at radius 3 is 3.05 bits per heavy atom. The average molecular weight is 293 g/mol. The Morgan fingerprint density at radius 2 is 2.33 bits per heavy atom. The molecule has 1 aromatic heterocycles. The predicted molar refractivity (Wildman–Crippen MR) is 82.1 cm³/mol. The lowest BCUT2D eigenvalue weighted by Gasteiger charge is -2.35. The van der Waals surface area contributed by atoms with Crippen molar-refractivity contribution in [3.8, 4) is 0 Å². The Bertz CT molecular complexity index is 444. The molecule has 5 heteroatoms. The van der Waals surface area contributed by atoms with Gasteiger partial charge in [-0.2, -0.15) is 0 Å². The van der Waals surface area contributed by atoms with Gasteiger partial charge >= 0.3 is 6.09 Å². The van der Waals surface area contributed by atoms with Gasteiger partial charge in [-0.15, -0.1) is 0 Å². The highest BCUT2D eigenvalue weighted by atomic mass is 16.6. The molecule has 1 fully saturated rings. The summed E-state index contributed by atoms with van der Waals surface area (Å²) in [5, 5.41) is 0. The first-order chi connectivity index (χ1) is 10.2. The normalized spacial score (nSPS) is 18.8. The SMILES string of the molecule is CCCCOC(=O)N1CCCC[C@H]1CCc1nccn1C. The molecule has 2 rings (SSSR count). The molecule has 0 bridgehead atoms. The van der Waals surface area contributed by atoms with Crippen LogP contribution in [0.5, 0.6) is 0 Å². The third kappa shape index (κ3) is 4.48. The molecule has 0 N–H and O–H groups in total. The first-order valence-corrected chi connectivity index (χ1v) is 8.12. The summed E-state index contributed by atoms with van der Waals surface area (Å²) >= 11 is 0. The molecule has 2 heterocycles. The molecule has 5 nitrogen and oxygen atoms in total. The van der Waals surface area contributed by atoms with E-state index in [9.17, 15) is 4.79 Å². The van der Waals surface area contributed by atoms with E-state index in [2.05, 4.69) is 11.9 Å². The Balaban J connectivity index is 1.86. The van der Waals surface area contributed by atoms with Crippen molar-refractivity contribution in [2.24, 2.45) is 7.05 Å². The number of aryl methyl sites for hydroxylation is 2. The lowest BCUT2D eigenvalue weighted by atomic mass is 9.98. The summed E-state index contributed by atoms with van der Waals surface area (Å²) < 4.78 is 7.43. The van der Waals surface area contributed by atoms with Crippen molar-refractivity contribution >= 4 is 6.09 Å². The number of carbonyl (C=O) groups is 1. The molecule has 0 unspecified atom stereocenters. The maximum absolute atomic E-state index is 12.2. The topological polar surface area (TPSA) is 47.4 Å². The summed E-state index contributed by atoms with van der Waals surface area (Å²) in [5.74, 6) is 1.08. The number of hydrogen-bond acceptors (Lipinski definition) is 3. The highest BCUT2D eigenvalue weighted by Gasteiger charge is 2.27. The van der Waals surface area contributed by atoms with Gasteiger partial charge in [-0.1, -0.05) is 13.3 Å². The minimum absolute atomic E-state index is 0.131. The van der Waals surface area contributed by atoms with Crippen LogP contribution in [0.25, 0.3) is 0 Å². The van der Waals surface area contributed by atoms with Crippen LogP contribution in [-0.4, -0.2) is 39.7 Å². The Kier molecular flexibility index (Phi) is 6.08. The number of ether oxygens (including phenoxy) is 1. The van der Waals surface area contributed by atoms with E-state index in [0.717, 1.165) is 50.9 Å². The van der Waals surface area contributed by atoms with Gasteiger partial charge in [0.15, 0.2) is 0 Å². The lowest BCUT2D eigenvalue weighted by Crippen LogP contribution is -2.44. The van der Waals surface area contributed by atoms with Crippen LogP contribution in [0.1, 0.15) is 51.3 Å². The van der Waals surface area contributed by atoms with E-state index in [0.29, 0.717) is 12.6 Å². The van der Waals surface area contributed by atoms with Gasteiger partial charge < -0.3 is 14.2 Å². The maximum Gasteiger partial charge on any atom is 0.410 e. The van der Waals surface area contributed by atoms with Gasteiger partial charge in [0.2, 0.25) is 0 Å². The molecule has 1 aromatic rings. The molecule has 21 heavy (non-hydrogen) atoms. The molecule has 0 aromatic carbocycles. The summed E-state index contributed by atoms with van der Waals surface area (Å²) in [6.07, 6.45) is 10.9. The second kappa shape index (κ2) is 8.05. The zero-order chi connectivity index (χ0) is 15.1. The fourth-order valence-corrected chi connectivity index (χ4v) is 2.86. The summed E-state index contributed by atoms with van der Waals surface area (Å²) in [5.41, 5.74) is 0. The van der Waals surface area contributed by atoms with Crippen molar-refractivity contribution in [2.75, 3.05) is 13.2 Å². The molecule has 1 amide bonds. The standard InChI is InChI=1S/C16H27N3O2/c1-3-4-13-21-16(20)19-11-6-5-7-14(19)8-9-15-17-10-12-18(15)2/h10,12,14H,3-9,11,13H2,1-2H3/t14-/m0/s1. The first kappa shape index (κ1) is 15.9. The van der Waals surface area contributed by atoms with E-state index in [1.54, 1.807) is 0 Å². The van der Waals surface area contributed by atoms with Crippen LogP contribution in [-0.2, 0) is 18.2 Å². The minimum atomic E-state index is -0.131. The number of hydrogen-bond donors (Lipinski definition) is 0. The van der Waals surface area contributed by atoms with Crippen LogP contribution in [0.2, 0.25) is 0 Å². The molecule has 1 saturated heterocycles. The predicted octanol–water partition coefficient (Wildman–Crippen LogP) is 3.14. The number of amides is 1. The molecule has 0 aliphatic carbocycles. The second-order valence-corrected chi connectivity index (χ2v) is 5.80. The van der Waals surface area contributed by atoms with Crippen molar-refractivity contribution in [3.63, 3.8) is 0 Å². The van der Waals surface area contributed by atoms with Crippen LogP contribution in [0, 0.1) is 0 Å². The van der Waals surface area contributed by atoms with E-state index >= 15 is 0 Å². The summed E-state index contributed by atoms with van der Waals surface area (Å²) in [4.78, 5) is 18.5. The molecule has 1 aliphatic heterocycles. The third-order valence-corrected chi connectivity index (χ3v) is 4.21. The summed E-state index contributed by atoms with van der Waals surface area (Å²) in [7, 11) is 2.01. The zero-order valence-electron chi connectivity index (χ0n) is 13.3. The van der Waals surface area contributed by atoms with Gasteiger partial charge in [0.25, 0.3) is 0 Å². The van der Waals surface area contributed by atoms with Gasteiger partial charge in [0.05, 0.1) is 6.61 Å². The lowest BCUT2D eigenvalue weighted by molar-refractivity contribution is 0.0700. The summed E-state index contributed by atoms with van der Waals surface area (Å²) in [6.45, 7) is 3.47. The molecular formula is C16H27N3O2. The second-order valence-electron chi connectivity index (χ2n) is 5.80. The average Bonchev–Trinajstić information content (AvgIpc) is 2.91. The van der Waals surface area contributed by atoms with Crippen molar-refractivity contribution in [1.29, 1.82) is 0 Å². The van der Waals surface area contributed by atoms with Crippen LogP contribution < -0.4 is 0 Å². The number of piperidine rings is 1.